The number of carbonyl (C=O) groups is 1. The van der Waals surface area contributed by atoms with Gasteiger partial charge in [0.1, 0.15) is 0 Å². The van der Waals surface area contributed by atoms with Crippen molar-refractivity contribution in [2.24, 2.45) is 5.41 Å². The molecule has 1 aromatic rings. The van der Waals surface area contributed by atoms with Gasteiger partial charge in [-0.1, -0.05) is 11.8 Å². The van der Waals surface area contributed by atoms with E-state index in [4.69, 9.17) is 16.3 Å². The summed E-state index contributed by atoms with van der Waals surface area (Å²) in [4.78, 5) is 23.5. The van der Waals surface area contributed by atoms with E-state index >= 15 is 0 Å². The van der Waals surface area contributed by atoms with Gasteiger partial charge in [0.2, 0.25) is 11.2 Å². The van der Waals surface area contributed by atoms with Gasteiger partial charge in [0.15, 0.2) is 5.16 Å². The molecule has 1 fully saturated rings. The third-order valence-corrected chi connectivity index (χ3v) is 4.39. The number of carbonyl (C=O) groups excluding carboxylic acids is 1. The lowest BCUT2D eigenvalue weighted by Crippen LogP contribution is -2.13. The highest BCUT2D eigenvalue weighted by Gasteiger charge is 2.44. The van der Waals surface area contributed by atoms with Crippen LogP contribution in [-0.2, 0) is 9.53 Å². The van der Waals surface area contributed by atoms with Crippen LogP contribution in [0.25, 0.3) is 0 Å². The van der Waals surface area contributed by atoms with E-state index in [1.165, 1.54) is 18.9 Å². The molecule has 0 aromatic carbocycles. The molecule has 1 N–H and O–H groups in total. The number of aromatic nitrogens is 3. The van der Waals surface area contributed by atoms with Crippen molar-refractivity contribution in [3.8, 4) is 0 Å². The third kappa shape index (κ3) is 3.94. The van der Waals surface area contributed by atoms with Crippen LogP contribution in [0.2, 0.25) is 5.28 Å². The summed E-state index contributed by atoms with van der Waals surface area (Å²) in [5, 5.41) is 3.56. The van der Waals surface area contributed by atoms with Crippen LogP contribution < -0.4 is 5.32 Å². The molecule has 1 aromatic heterocycles. The van der Waals surface area contributed by atoms with E-state index < -0.39 is 0 Å². The molecule has 0 aliphatic heterocycles. The highest BCUT2D eigenvalue weighted by atomic mass is 35.5. The quantitative estimate of drug-likeness (QED) is 0.636. The Bertz CT molecular complexity index is 482. The van der Waals surface area contributed by atoms with Crippen molar-refractivity contribution in [3.05, 3.63) is 5.28 Å². The predicted octanol–water partition coefficient (Wildman–Crippen LogP) is 2.00. The number of esters is 1. The van der Waals surface area contributed by atoms with E-state index in [2.05, 4.69) is 20.3 Å². The maximum absolute atomic E-state index is 11.3. The summed E-state index contributed by atoms with van der Waals surface area (Å²) in [6.45, 7) is 0. The average molecular weight is 303 g/mol. The Morgan fingerprint density at radius 2 is 2.21 bits per heavy atom. The number of rotatable bonds is 6. The molecule has 1 heterocycles. The van der Waals surface area contributed by atoms with E-state index in [9.17, 15) is 4.79 Å². The standard InChI is InChI=1S/C11H15ClN4O2S/c1-13-9-14-8(12)15-10(16-9)19-6-11(3-4-11)5-7(17)18-2/h3-6H2,1-2H3,(H,13,14,15,16). The van der Waals surface area contributed by atoms with Crippen molar-refractivity contribution in [2.75, 3.05) is 25.2 Å². The van der Waals surface area contributed by atoms with E-state index in [0.717, 1.165) is 18.6 Å². The first-order valence-corrected chi connectivity index (χ1v) is 7.22. The van der Waals surface area contributed by atoms with Gasteiger partial charge in [-0.2, -0.15) is 15.0 Å². The van der Waals surface area contributed by atoms with Crippen molar-refractivity contribution < 1.29 is 9.53 Å². The smallest absolute Gasteiger partial charge is 0.306 e. The summed E-state index contributed by atoms with van der Waals surface area (Å²) in [7, 11) is 3.14. The maximum atomic E-state index is 11.3. The predicted molar refractivity (Wildman–Crippen MR) is 73.4 cm³/mol. The monoisotopic (exact) mass is 302 g/mol. The summed E-state index contributed by atoms with van der Waals surface area (Å²) in [6.07, 6.45) is 2.52. The molecular formula is C11H15ClN4O2S. The number of methoxy groups -OCH3 is 1. The Morgan fingerprint density at radius 3 is 2.79 bits per heavy atom. The zero-order chi connectivity index (χ0) is 13.9. The van der Waals surface area contributed by atoms with Crippen LogP contribution in [0, 0.1) is 5.41 Å². The van der Waals surface area contributed by atoms with Crippen molar-refractivity contribution in [2.45, 2.75) is 24.4 Å². The molecule has 1 aliphatic carbocycles. The lowest BCUT2D eigenvalue weighted by atomic mass is 10.1. The Hall–Kier alpha value is -1.08. The molecule has 2 rings (SSSR count). The molecule has 0 saturated heterocycles. The second-order valence-corrected chi connectivity index (χ2v) is 5.78. The van der Waals surface area contributed by atoms with Crippen LogP contribution >= 0.6 is 23.4 Å². The number of thioether (sulfide) groups is 1. The number of anilines is 1. The first-order chi connectivity index (χ1) is 9.07. The maximum Gasteiger partial charge on any atom is 0.306 e. The summed E-state index contributed by atoms with van der Waals surface area (Å²) in [5.41, 5.74) is 0.0384. The van der Waals surface area contributed by atoms with Gasteiger partial charge in [0.05, 0.1) is 13.5 Å². The van der Waals surface area contributed by atoms with Gasteiger partial charge in [0.25, 0.3) is 0 Å². The number of ether oxygens (including phenoxy) is 1. The molecule has 0 radical (unpaired) electrons. The van der Waals surface area contributed by atoms with Crippen molar-refractivity contribution >= 4 is 35.3 Å². The van der Waals surface area contributed by atoms with Gasteiger partial charge in [-0.25, -0.2) is 0 Å². The SMILES string of the molecule is CNc1nc(Cl)nc(SCC2(CC(=O)OC)CC2)n1. The molecule has 1 saturated carbocycles. The number of halogens is 1. The fraction of sp³-hybridized carbons (Fsp3) is 0.636. The van der Waals surface area contributed by atoms with Crippen LogP contribution in [0.5, 0.6) is 0 Å². The van der Waals surface area contributed by atoms with Crippen molar-refractivity contribution in [3.63, 3.8) is 0 Å². The molecule has 19 heavy (non-hydrogen) atoms. The largest absolute Gasteiger partial charge is 0.469 e. The van der Waals surface area contributed by atoms with E-state index in [0.29, 0.717) is 17.5 Å². The first kappa shape index (κ1) is 14.3. The van der Waals surface area contributed by atoms with E-state index in [1.807, 2.05) is 0 Å². The molecule has 0 amide bonds. The van der Waals surface area contributed by atoms with Gasteiger partial charge in [-0.3, -0.25) is 4.79 Å². The Morgan fingerprint density at radius 1 is 1.47 bits per heavy atom. The minimum atomic E-state index is -0.164. The molecule has 1 aliphatic rings. The Labute approximate surface area is 120 Å². The molecule has 6 nitrogen and oxygen atoms in total. The molecule has 0 atom stereocenters. The minimum Gasteiger partial charge on any atom is -0.469 e. The fourth-order valence-corrected chi connectivity index (χ4v) is 2.99. The molecule has 104 valence electrons. The average Bonchev–Trinajstić information content (AvgIpc) is 3.16. The normalized spacial score (nSPS) is 15.9. The highest BCUT2D eigenvalue weighted by molar-refractivity contribution is 7.99. The molecular weight excluding hydrogens is 288 g/mol. The van der Waals surface area contributed by atoms with Gasteiger partial charge in [-0.15, -0.1) is 0 Å². The first-order valence-electron chi connectivity index (χ1n) is 5.86. The number of nitrogens with one attached hydrogen (secondary N) is 1. The lowest BCUT2D eigenvalue weighted by molar-refractivity contribution is -0.141. The van der Waals surface area contributed by atoms with Crippen LogP contribution in [0.4, 0.5) is 5.95 Å². The summed E-state index contributed by atoms with van der Waals surface area (Å²) in [6, 6.07) is 0. The highest BCUT2D eigenvalue weighted by Crippen LogP contribution is 2.51. The van der Waals surface area contributed by atoms with Crippen molar-refractivity contribution in [1.29, 1.82) is 0 Å². The number of nitrogens with zero attached hydrogens (tertiary/aromatic N) is 3. The van der Waals surface area contributed by atoms with Gasteiger partial charge in [0, 0.05) is 12.8 Å². The second kappa shape index (κ2) is 5.92. The van der Waals surface area contributed by atoms with Gasteiger partial charge in [-0.05, 0) is 29.9 Å². The third-order valence-electron chi connectivity index (χ3n) is 3.02. The van der Waals surface area contributed by atoms with Crippen LogP contribution in [0.1, 0.15) is 19.3 Å². The minimum absolute atomic E-state index is 0.0384. The van der Waals surface area contributed by atoms with Crippen LogP contribution in [-0.4, -0.2) is 40.8 Å². The van der Waals surface area contributed by atoms with Crippen LogP contribution in [0.3, 0.4) is 0 Å². The topological polar surface area (TPSA) is 77.0 Å². The Kier molecular flexibility index (Phi) is 4.46. The lowest BCUT2D eigenvalue weighted by Gasteiger charge is -2.12. The molecule has 0 unspecified atom stereocenters. The van der Waals surface area contributed by atoms with Gasteiger partial charge < -0.3 is 10.1 Å². The van der Waals surface area contributed by atoms with E-state index in [-0.39, 0.29) is 16.7 Å². The molecule has 0 bridgehead atoms. The van der Waals surface area contributed by atoms with Crippen LogP contribution in [0.15, 0.2) is 5.16 Å². The zero-order valence-electron chi connectivity index (χ0n) is 10.8. The van der Waals surface area contributed by atoms with Gasteiger partial charge >= 0.3 is 5.97 Å². The summed E-state index contributed by atoms with van der Waals surface area (Å²) in [5.74, 6) is 1.06. The summed E-state index contributed by atoms with van der Waals surface area (Å²) < 4.78 is 4.71. The van der Waals surface area contributed by atoms with E-state index in [1.54, 1.807) is 7.05 Å². The number of hydrogen-bond acceptors (Lipinski definition) is 7. The summed E-state index contributed by atoms with van der Waals surface area (Å²) >= 11 is 7.30. The zero-order valence-corrected chi connectivity index (χ0v) is 12.3. The van der Waals surface area contributed by atoms with Crippen molar-refractivity contribution in [1.82, 2.24) is 15.0 Å². The second-order valence-electron chi connectivity index (χ2n) is 4.50. The number of hydrogen-bond donors (Lipinski definition) is 1. The Balaban J connectivity index is 1.95. The fourth-order valence-electron chi connectivity index (χ4n) is 1.65. The molecule has 0 spiro atoms. The molecule has 8 heteroatoms.